The first kappa shape index (κ1) is 19.2. The number of aryl methyl sites for hydroxylation is 2. The molecule has 1 N–H and O–H groups in total. The Kier molecular flexibility index (Phi) is 4.65. The van der Waals surface area contributed by atoms with Crippen molar-refractivity contribution in [2.45, 2.75) is 38.8 Å². The van der Waals surface area contributed by atoms with Gasteiger partial charge in [-0.25, -0.2) is 14.2 Å². The first-order valence-corrected chi connectivity index (χ1v) is 10.3. The van der Waals surface area contributed by atoms with E-state index in [4.69, 9.17) is 0 Å². The van der Waals surface area contributed by atoms with Crippen molar-refractivity contribution in [2.75, 3.05) is 6.54 Å². The molecule has 1 aromatic carbocycles. The van der Waals surface area contributed by atoms with E-state index in [1.807, 2.05) is 29.2 Å². The highest BCUT2D eigenvalue weighted by Gasteiger charge is 2.31. The predicted molar refractivity (Wildman–Crippen MR) is 115 cm³/mol. The van der Waals surface area contributed by atoms with Crippen LogP contribution < -0.4 is 11.1 Å². The molecule has 3 aromatic heterocycles. The summed E-state index contributed by atoms with van der Waals surface area (Å²) >= 11 is 0. The highest BCUT2D eigenvalue weighted by molar-refractivity contribution is 5.80. The van der Waals surface area contributed by atoms with E-state index in [1.54, 1.807) is 19.2 Å². The first-order valence-electron chi connectivity index (χ1n) is 10.3. The van der Waals surface area contributed by atoms with Gasteiger partial charge in [0, 0.05) is 36.2 Å². The van der Waals surface area contributed by atoms with Gasteiger partial charge >= 0.3 is 0 Å². The number of hydrogen-bond donors (Lipinski definition) is 1. The Morgan fingerprint density at radius 2 is 2.06 bits per heavy atom. The second kappa shape index (κ2) is 7.50. The van der Waals surface area contributed by atoms with Crippen LogP contribution in [0.25, 0.3) is 16.4 Å². The number of amides is 1. The smallest absolute Gasteiger partial charge is 0.274 e. The Morgan fingerprint density at radius 3 is 2.94 bits per heavy atom. The summed E-state index contributed by atoms with van der Waals surface area (Å²) in [5.74, 6) is -0.0421. The van der Waals surface area contributed by atoms with Gasteiger partial charge in [0.1, 0.15) is 0 Å². The van der Waals surface area contributed by atoms with Gasteiger partial charge in [-0.15, -0.1) is 0 Å². The summed E-state index contributed by atoms with van der Waals surface area (Å²) in [5, 5.41) is 8.69. The number of benzene rings is 1. The maximum absolute atomic E-state index is 13.0. The molecule has 1 aliphatic rings. The average molecular weight is 418 g/mol. The molecule has 1 amide bonds. The summed E-state index contributed by atoms with van der Waals surface area (Å²) in [6.45, 7) is 2.64. The van der Waals surface area contributed by atoms with Gasteiger partial charge in [-0.2, -0.15) is 5.10 Å². The quantitative estimate of drug-likeness (QED) is 0.544. The maximum Gasteiger partial charge on any atom is 0.274 e. The molecule has 4 heterocycles. The summed E-state index contributed by atoms with van der Waals surface area (Å²) in [7, 11) is 0. The third kappa shape index (κ3) is 3.41. The largest absolute Gasteiger partial charge is 0.334 e. The molecule has 9 nitrogen and oxygen atoms in total. The SMILES string of the molecule is Cc1cc(=O)n2[nH]c(C3CCCN3C(=O)CCn3ncc4ccccc4c3=O)cc2n1. The lowest BCUT2D eigenvalue weighted by Crippen LogP contribution is -2.33. The second-order valence-corrected chi connectivity index (χ2v) is 7.90. The van der Waals surface area contributed by atoms with Gasteiger partial charge in [-0.05, 0) is 25.8 Å². The summed E-state index contributed by atoms with van der Waals surface area (Å²) in [6, 6.07) is 10.4. The third-order valence-corrected chi connectivity index (χ3v) is 5.83. The molecule has 1 fully saturated rings. The van der Waals surface area contributed by atoms with Crippen LogP contribution in [-0.2, 0) is 11.3 Å². The molecule has 1 unspecified atom stereocenters. The van der Waals surface area contributed by atoms with Crippen LogP contribution in [0.4, 0.5) is 0 Å². The Balaban J connectivity index is 1.36. The van der Waals surface area contributed by atoms with Crippen LogP contribution in [-0.4, -0.2) is 41.7 Å². The van der Waals surface area contributed by atoms with Crippen molar-refractivity contribution in [2.24, 2.45) is 0 Å². The topological polar surface area (TPSA) is 105 Å². The van der Waals surface area contributed by atoms with E-state index in [0.29, 0.717) is 23.3 Å². The number of H-pyrrole nitrogens is 1. The number of carbonyl (C=O) groups is 1. The molecule has 0 bridgehead atoms. The van der Waals surface area contributed by atoms with Crippen molar-refractivity contribution in [3.63, 3.8) is 0 Å². The minimum absolute atomic E-state index is 0.0421. The molecule has 4 aromatic rings. The fourth-order valence-corrected chi connectivity index (χ4v) is 4.32. The lowest BCUT2D eigenvalue weighted by molar-refractivity contribution is -0.132. The van der Waals surface area contributed by atoms with Crippen molar-refractivity contribution >= 4 is 22.3 Å². The highest BCUT2D eigenvalue weighted by atomic mass is 16.2. The van der Waals surface area contributed by atoms with Crippen molar-refractivity contribution in [3.05, 3.63) is 74.7 Å². The van der Waals surface area contributed by atoms with Crippen molar-refractivity contribution in [1.29, 1.82) is 0 Å². The molecular formula is C22H22N6O3. The number of aromatic nitrogens is 5. The number of fused-ring (bicyclic) bond motifs is 2. The Bertz CT molecular complexity index is 1420. The lowest BCUT2D eigenvalue weighted by Gasteiger charge is -2.23. The molecule has 1 atom stereocenters. The van der Waals surface area contributed by atoms with E-state index < -0.39 is 0 Å². The Morgan fingerprint density at radius 1 is 1.23 bits per heavy atom. The van der Waals surface area contributed by atoms with Gasteiger partial charge < -0.3 is 4.90 Å². The second-order valence-electron chi connectivity index (χ2n) is 7.90. The van der Waals surface area contributed by atoms with Crippen LogP contribution in [0.2, 0.25) is 0 Å². The van der Waals surface area contributed by atoms with Crippen molar-refractivity contribution in [1.82, 2.24) is 29.3 Å². The maximum atomic E-state index is 13.0. The van der Waals surface area contributed by atoms with E-state index in [-0.39, 0.29) is 36.0 Å². The van der Waals surface area contributed by atoms with E-state index >= 15 is 0 Å². The number of likely N-dealkylation sites (tertiary alicyclic amines) is 1. The Labute approximate surface area is 176 Å². The van der Waals surface area contributed by atoms with Crippen LogP contribution in [0.15, 0.2) is 52.2 Å². The van der Waals surface area contributed by atoms with Crippen molar-refractivity contribution < 1.29 is 4.79 Å². The van der Waals surface area contributed by atoms with Crippen LogP contribution in [0.3, 0.4) is 0 Å². The van der Waals surface area contributed by atoms with Gasteiger partial charge in [-0.1, -0.05) is 18.2 Å². The van der Waals surface area contributed by atoms with Crippen LogP contribution >= 0.6 is 0 Å². The fourth-order valence-electron chi connectivity index (χ4n) is 4.32. The zero-order valence-corrected chi connectivity index (χ0v) is 17.1. The molecule has 1 aliphatic heterocycles. The van der Waals surface area contributed by atoms with Crippen molar-refractivity contribution in [3.8, 4) is 0 Å². The summed E-state index contributed by atoms with van der Waals surface area (Å²) in [4.78, 5) is 44.0. The van der Waals surface area contributed by atoms with E-state index in [9.17, 15) is 14.4 Å². The van der Waals surface area contributed by atoms with Crippen LogP contribution in [0, 0.1) is 6.92 Å². The molecule has 0 aliphatic carbocycles. The third-order valence-electron chi connectivity index (χ3n) is 5.83. The fraction of sp³-hybridized carbons (Fsp3) is 0.318. The van der Waals surface area contributed by atoms with Gasteiger partial charge in [0.2, 0.25) is 5.91 Å². The van der Waals surface area contributed by atoms with Gasteiger partial charge in [0.05, 0.1) is 29.9 Å². The average Bonchev–Trinajstić information content (AvgIpc) is 3.40. The minimum atomic E-state index is -0.194. The monoisotopic (exact) mass is 418 g/mol. The normalized spacial score (nSPS) is 16.4. The number of nitrogens with one attached hydrogen (secondary N) is 1. The highest BCUT2D eigenvalue weighted by Crippen LogP contribution is 2.31. The Hall–Kier alpha value is -3.75. The molecule has 0 spiro atoms. The van der Waals surface area contributed by atoms with E-state index in [2.05, 4.69) is 15.2 Å². The molecule has 9 heteroatoms. The van der Waals surface area contributed by atoms with E-state index in [1.165, 1.54) is 15.3 Å². The number of aromatic amines is 1. The van der Waals surface area contributed by atoms with Crippen LogP contribution in [0.1, 0.15) is 36.7 Å². The number of hydrogen-bond acceptors (Lipinski definition) is 5. The van der Waals surface area contributed by atoms with Gasteiger partial charge in [-0.3, -0.25) is 19.5 Å². The summed E-state index contributed by atoms with van der Waals surface area (Å²) in [5.41, 5.74) is 1.63. The molecule has 0 radical (unpaired) electrons. The zero-order chi connectivity index (χ0) is 21.5. The number of rotatable bonds is 4. The first-order chi connectivity index (χ1) is 15.0. The molecule has 158 valence electrons. The number of carbonyl (C=O) groups excluding carboxylic acids is 1. The van der Waals surface area contributed by atoms with E-state index in [0.717, 1.165) is 23.9 Å². The zero-order valence-electron chi connectivity index (χ0n) is 17.1. The predicted octanol–water partition coefficient (Wildman–Crippen LogP) is 1.79. The minimum Gasteiger partial charge on any atom is -0.334 e. The summed E-state index contributed by atoms with van der Waals surface area (Å²) in [6.07, 6.45) is 3.51. The molecular weight excluding hydrogens is 396 g/mol. The molecule has 0 saturated carbocycles. The molecule has 1 saturated heterocycles. The standard InChI is InChI=1S/C22H22N6O3/c1-14-11-21(30)28-19(24-14)12-17(25-28)18-7-4-9-26(18)20(29)8-10-27-22(31)16-6-3-2-5-15(16)13-23-27/h2-3,5-6,11-13,18,25H,4,7-10H2,1H3. The number of nitrogens with zero attached hydrogens (tertiary/aromatic N) is 5. The lowest BCUT2D eigenvalue weighted by atomic mass is 10.1. The van der Waals surface area contributed by atoms with Gasteiger partial charge in [0.15, 0.2) is 5.65 Å². The van der Waals surface area contributed by atoms with Gasteiger partial charge in [0.25, 0.3) is 11.1 Å². The summed E-state index contributed by atoms with van der Waals surface area (Å²) < 4.78 is 2.75. The van der Waals surface area contributed by atoms with Crippen LogP contribution in [0.5, 0.6) is 0 Å². The molecule has 5 rings (SSSR count). The molecule has 31 heavy (non-hydrogen) atoms.